The third-order valence-electron chi connectivity index (χ3n) is 4.21. The highest BCUT2D eigenvalue weighted by molar-refractivity contribution is 5.97. The van der Waals surface area contributed by atoms with Crippen LogP contribution < -0.4 is 10.6 Å². The number of hydrogen-bond acceptors (Lipinski definition) is 4. The van der Waals surface area contributed by atoms with Crippen LogP contribution in [0, 0.1) is 20.8 Å². The van der Waals surface area contributed by atoms with E-state index in [0.717, 1.165) is 16.7 Å². The normalized spacial score (nSPS) is 11.5. The molecule has 0 saturated carbocycles. The number of fused-ring (bicyclic) bond motifs is 1. The molecule has 2 N–H and O–H groups in total. The van der Waals surface area contributed by atoms with Gasteiger partial charge >= 0.3 is 6.18 Å². The highest BCUT2D eigenvalue weighted by Gasteiger charge is 2.35. The van der Waals surface area contributed by atoms with Gasteiger partial charge < -0.3 is 10.6 Å². The van der Waals surface area contributed by atoms with E-state index in [0.29, 0.717) is 11.1 Å². The zero-order chi connectivity index (χ0) is 20.5. The summed E-state index contributed by atoms with van der Waals surface area (Å²) in [6, 6.07) is 10.2. The fourth-order valence-electron chi connectivity index (χ4n) is 3.06. The Morgan fingerprint density at radius 3 is 2.32 bits per heavy atom. The highest BCUT2D eigenvalue weighted by atomic mass is 19.4. The molecule has 3 rings (SSSR count). The molecule has 0 spiro atoms. The number of nitrogens with zero attached hydrogens (tertiary/aromatic N) is 2. The van der Waals surface area contributed by atoms with Crippen LogP contribution in [-0.4, -0.2) is 22.4 Å². The number of hydrogen-bond donors (Lipinski definition) is 2. The van der Waals surface area contributed by atoms with Gasteiger partial charge in [-0.2, -0.15) is 13.2 Å². The molecule has 0 saturated heterocycles. The molecule has 0 aliphatic carbocycles. The second-order valence-electron chi connectivity index (χ2n) is 6.59. The van der Waals surface area contributed by atoms with Crippen LogP contribution in [0.2, 0.25) is 0 Å². The highest BCUT2D eigenvalue weighted by Crippen LogP contribution is 2.30. The molecule has 1 aromatic heterocycles. The van der Waals surface area contributed by atoms with Crippen LogP contribution in [0.3, 0.4) is 0 Å². The molecule has 0 radical (unpaired) electrons. The van der Waals surface area contributed by atoms with E-state index in [1.165, 1.54) is 6.07 Å². The van der Waals surface area contributed by atoms with Gasteiger partial charge in [0.2, 0.25) is 11.7 Å². The average molecular weight is 388 g/mol. The van der Waals surface area contributed by atoms with Crippen molar-refractivity contribution < 1.29 is 18.0 Å². The van der Waals surface area contributed by atoms with Crippen molar-refractivity contribution >= 4 is 28.3 Å². The van der Waals surface area contributed by atoms with Gasteiger partial charge in [0.1, 0.15) is 5.82 Å². The van der Waals surface area contributed by atoms with E-state index >= 15 is 0 Å². The lowest BCUT2D eigenvalue weighted by molar-refractivity contribution is -0.144. The van der Waals surface area contributed by atoms with Crippen LogP contribution in [0.1, 0.15) is 22.5 Å². The first kappa shape index (κ1) is 19.6. The van der Waals surface area contributed by atoms with Gasteiger partial charge in [0, 0.05) is 11.1 Å². The van der Waals surface area contributed by atoms with Gasteiger partial charge in [-0.15, -0.1) is 0 Å². The fourth-order valence-corrected chi connectivity index (χ4v) is 3.06. The topological polar surface area (TPSA) is 66.9 Å². The quantitative estimate of drug-likeness (QED) is 0.684. The summed E-state index contributed by atoms with van der Waals surface area (Å²) in [7, 11) is 0. The van der Waals surface area contributed by atoms with Gasteiger partial charge in [-0.3, -0.25) is 4.79 Å². The van der Waals surface area contributed by atoms with E-state index in [2.05, 4.69) is 20.6 Å². The van der Waals surface area contributed by atoms with Crippen molar-refractivity contribution in [2.75, 3.05) is 17.2 Å². The number of alkyl halides is 3. The Bertz CT molecular complexity index is 1020. The molecule has 3 aromatic rings. The standard InChI is InChI=1S/C20H19F3N4O/c1-11-8-12(2)17(13(3)9-11)26-16(28)10-24-18-14-6-4-5-7-15(14)25-19(27-18)20(21,22)23/h4-9H,10H2,1-3H3,(H,26,28)(H,24,25,27). The van der Waals surface area contributed by atoms with Gasteiger partial charge in [-0.25, -0.2) is 9.97 Å². The lowest BCUT2D eigenvalue weighted by atomic mass is 10.1. The molecule has 0 aliphatic heterocycles. The Morgan fingerprint density at radius 2 is 1.68 bits per heavy atom. The van der Waals surface area contributed by atoms with Crippen molar-refractivity contribution in [1.29, 1.82) is 0 Å². The number of nitrogens with one attached hydrogen (secondary N) is 2. The first-order valence-electron chi connectivity index (χ1n) is 8.60. The van der Waals surface area contributed by atoms with E-state index < -0.39 is 12.0 Å². The lowest BCUT2D eigenvalue weighted by Crippen LogP contribution is -2.24. The van der Waals surface area contributed by atoms with E-state index in [4.69, 9.17) is 0 Å². The van der Waals surface area contributed by atoms with Crippen molar-refractivity contribution in [2.45, 2.75) is 26.9 Å². The molecule has 0 aliphatic rings. The van der Waals surface area contributed by atoms with Gasteiger partial charge in [-0.05, 0) is 44.0 Å². The van der Waals surface area contributed by atoms with Gasteiger partial charge in [0.15, 0.2) is 0 Å². The van der Waals surface area contributed by atoms with E-state index in [9.17, 15) is 18.0 Å². The van der Waals surface area contributed by atoms with Crippen molar-refractivity contribution in [3.63, 3.8) is 0 Å². The SMILES string of the molecule is Cc1cc(C)c(NC(=O)CNc2nc(C(F)(F)F)nc3ccccc23)c(C)c1. The van der Waals surface area contributed by atoms with Crippen LogP contribution >= 0.6 is 0 Å². The van der Waals surface area contributed by atoms with Gasteiger partial charge in [0.05, 0.1) is 12.1 Å². The maximum absolute atomic E-state index is 13.1. The maximum Gasteiger partial charge on any atom is 0.451 e. The summed E-state index contributed by atoms with van der Waals surface area (Å²) in [6.07, 6.45) is -4.68. The van der Waals surface area contributed by atoms with Crippen LogP contribution in [0.4, 0.5) is 24.7 Å². The largest absolute Gasteiger partial charge is 0.451 e. The third-order valence-corrected chi connectivity index (χ3v) is 4.21. The van der Waals surface area contributed by atoms with Crippen LogP contribution in [0.5, 0.6) is 0 Å². The number of carbonyl (C=O) groups excluding carboxylic acids is 1. The number of aryl methyl sites for hydroxylation is 3. The van der Waals surface area contributed by atoms with Crippen LogP contribution in [0.15, 0.2) is 36.4 Å². The molecule has 5 nitrogen and oxygen atoms in total. The zero-order valence-corrected chi connectivity index (χ0v) is 15.6. The van der Waals surface area contributed by atoms with Gasteiger partial charge in [0.25, 0.3) is 0 Å². The predicted molar refractivity (Wildman–Crippen MR) is 102 cm³/mol. The van der Waals surface area contributed by atoms with Crippen molar-refractivity contribution in [3.05, 3.63) is 58.9 Å². The Labute approximate surface area is 160 Å². The zero-order valence-electron chi connectivity index (χ0n) is 15.6. The molecular weight excluding hydrogens is 369 g/mol. The molecule has 0 bridgehead atoms. The minimum atomic E-state index is -4.68. The monoisotopic (exact) mass is 388 g/mol. The number of rotatable bonds is 4. The van der Waals surface area contributed by atoms with E-state index in [-0.39, 0.29) is 23.8 Å². The maximum atomic E-state index is 13.1. The van der Waals surface area contributed by atoms with E-state index in [1.54, 1.807) is 18.2 Å². The first-order chi connectivity index (χ1) is 13.1. The summed E-state index contributed by atoms with van der Waals surface area (Å²) in [5.41, 5.74) is 3.76. The Hall–Kier alpha value is -3.16. The third kappa shape index (κ3) is 4.21. The smallest absolute Gasteiger partial charge is 0.360 e. The minimum Gasteiger partial charge on any atom is -0.360 e. The summed E-state index contributed by atoms with van der Waals surface area (Å²) in [4.78, 5) is 19.5. The molecular formula is C20H19F3N4O. The number of anilines is 2. The Balaban J connectivity index is 1.83. The summed E-state index contributed by atoms with van der Waals surface area (Å²) in [5, 5.41) is 5.92. The molecule has 0 fully saturated rings. The molecule has 0 atom stereocenters. The summed E-state index contributed by atoms with van der Waals surface area (Å²) in [6.45, 7) is 5.50. The Kier molecular flexibility index (Phi) is 5.22. The molecule has 0 unspecified atom stereocenters. The average Bonchev–Trinajstić information content (AvgIpc) is 2.61. The number of benzene rings is 2. The summed E-state index contributed by atoms with van der Waals surface area (Å²) >= 11 is 0. The molecule has 8 heteroatoms. The first-order valence-corrected chi connectivity index (χ1v) is 8.60. The van der Waals surface area contributed by atoms with Crippen molar-refractivity contribution in [3.8, 4) is 0 Å². The molecule has 146 valence electrons. The summed E-state index contributed by atoms with van der Waals surface area (Å²) < 4.78 is 39.2. The lowest BCUT2D eigenvalue weighted by Gasteiger charge is -2.14. The van der Waals surface area contributed by atoms with Crippen molar-refractivity contribution in [2.24, 2.45) is 0 Å². The molecule has 1 heterocycles. The van der Waals surface area contributed by atoms with E-state index in [1.807, 2.05) is 32.9 Å². The summed E-state index contributed by atoms with van der Waals surface area (Å²) in [5.74, 6) is -1.67. The number of para-hydroxylation sites is 1. The van der Waals surface area contributed by atoms with Crippen molar-refractivity contribution in [1.82, 2.24) is 9.97 Å². The molecule has 2 aromatic carbocycles. The second kappa shape index (κ2) is 7.46. The fraction of sp³-hybridized carbons (Fsp3) is 0.250. The predicted octanol–water partition coefficient (Wildman–Crippen LogP) is 4.62. The number of aromatic nitrogens is 2. The number of halogens is 3. The number of amides is 1. The van der Waals surface area contributed by atoms with Gasteiger partial charge in [-0.1, -0.05) is 29.8 Å². The molecule has 1 amide bonds. The van der Waals surface area contributed by atoms with Crippen LogP contribution in [0.25, 0.3) is 10.9 Å². The minimum absolute atomic E-state index is 0.0366. The van der Waals surface area contributed by atoms with Crippen LogP contribution in [-0.2, 0) is 11.0 Å². The number of carbonyl (C=O) groups is 1. The Morgan fingerprint density at radius 1 is 1.04 bits per heavy atom. The molecule has 28 heavy (non-hydrogen) atoms. The second-order valence-corrected chi connectivity index (χ2v) is 6.59.